The molecule has 0 atom stereocenters. The Kier molecular flexibility index (Phi) is 9.26. The first-order valence-corrected chi connectivity index (χ1v) is 13.0. The molecular formula is C29H40N2O3. The van der Waals surface area contributed by atoms with Gasteiger partial charge in [0.2, 0.25) is 5.91 Å². The molecule has 184 valence electrons. The minimum atomic E-state index is 0.286. The van der Waals surface area contributed by atoms with Crippen LogP contribution in [0.4, 0.5) is 0 Å². The molecule has 2 fully saturated rings. The topological polar surface area (TPSA) is 42.0 Å². The number of nitrogens with zero attached hydrogens (tertiary/aromatic N) is 2. The van der Waals surface area contributed by atoms with Crippen LogP contribution in [0.2, 0.25) is 0 Å². The minimum absolute atomic E-state index is 0.286. The summed E-state index contributed by atoms with van der Waals surface area (Å²) in [7, 11) is 1.67. The van der Waals surface area contributed by atoms with E-state index >= 15 is 0 Å². The molecule has 0 aromatic heterocycles. The fraction of sp³-hybridized carbons (Fsp3) is 0.552. The number of methoxy groups -OCH3 is 1. The number of carbonyl (C=O) groups is 1. The molecule has 1 saturated heterocycles. The lowest BCUT2D eigenvalue weighted by molar-refractivity contribution is -0.132. The van der Waals surface area contributed by atoms with Gasteiger partial charge < -0.3 is 19.3 Å². The molecule has 2 aromatic rings. The second kappa shape index (κ2) is 12.8. The van der Waals surface area contributed by atoms with Crippen molar-refractivity contribution in [2.45, 2.75) is 64.5 Å². The van der Waals surface area contributed by atoms with Gasteiger partial charge in [-0.3, -0.25) is 4.79 Å². The van der Waals surface area contributed by atoms with Gasteiger partial charge in [-0.15, -0.1) is 0 Å². The Morgan fingerprint density at radius 3 is 2.47 bits per heavy atom. The third-order valence-corrected chi connectivity index (χ3v) is 7.32. The van der Waals surface area contributed by atoms with Crippen molar-refractivity contribution in [3.05, 3.63) is 59.7 Å². The maximum atomic E-state index is 13.3. The van der Waals surface area contributed by atoms with E-state index in [0.29, 0.717) is 19.6 Å². The number of likely N-dealkylation sites (tertiary alicyclic amines) is 1. The Morgan fingerprint density at radius 2 is 1.74 bits per heavy atom. The summed E-state index contributed by atoms with van der Waals surface area (Å²) < 4.78 is 11.7. The van der Waals surface area contributed by atoms with Gasteiger partial charge in [-0.2, -0.15) is 0 Å². The second-order valence-corrected chi connectivity index (χ2v) is 9.81. The van der Waals surface area contributed by atoms with E-state index in [4.69, 9.17) is 9.47 Å². The zero-order valence-electron chi connectivity index (χ0n) is 20.7. The number of amides is 1. The Bertz CT molecular complexity index is 890. The van der Waals surface area contributed by atoms with Crippen LogP contribution >= 0.6 is 0 Å². The third kappa shape index (κ3) is 7.23. The normalized spacial score (nSPS) is 16.6. The van der Waals surface area contributed by atoms with Crippen molar-refractivity contribution in [3.63, 3.8) is 0 Å². The first-order valence-electron chi connectivity index (χ1n) is 13.0. The lowest BCUT2D eigenvalue weighted by atomic mass is 10.0. The summed E-state index contributed by atoms with van der Waals surface area (Å²) in [6.45, 7) is 5.16. The van der Waals surface area contributed by atoms with Gasteiger partial charge in [0.15, 0.2) is 11.5 Å². The number of carbonyl (C=O) groups excluding carboxylic acids is 1. The van der Waals surface area contributed by atoms with Crippen LogP contribution in [0.3, 0.4) is 0 Å². The van der Waals surface area contributed by atoms with Crippen molar-refractivity contribution >= 4 is 5.91 Å². The highest BCUT2D eigenvalue weighted by Crippen LogP contribution is 2.31. The highest BCUT2D eigenvalue weighted by atomic mass is 16.5. The molecule has 5 nitrogen and oxygen atoms in total. The van der Waals surface area contributed by atoms with Crippen LogP contribution in [0.1, 0.15) is 62.5 Å². The van der Waals surface area contributed by atoms with Crippen LogP contribution in [0.5, 0.6) is 11.5 Å². The minimum Gasteiger partial charge on any atom is -0.493 e. The van der Waals surface area contributed by atoms with Gasteiger partial charge in [-0.05, 0) is 61.5 Å². The lowest BCUT2D eigenvalue weighted by Gasteiger charge is -2.26. The molecule has 0 unspecified atom stereocenters. The van der Waals surface area contributed by atoms with Crippen LogP contribution in [0, 0.1) is 5.92 Å². The first kappa shape index (κ1) is 24.6. The van der Waals surface area contributed by atoms with E-state index in [-0.39, 0.29) is 5.91 Å². The Morgan fingerprint density at radius 1 is 0.971 bits per heavy atom. The van der Waals surface area contributed by atoms with Gasteiger partial charge in [0, 0.05) is 26.1 Å². The largest absolute Gasteiger partial charge is 0.493 e. The summed E-state index contributed by atoms with van der Waals surface area (Å²) in [5.41, 5.74) is 2.20. The maximum absolute atomic E-state index is 13.3. The third-order valence-electron chi connectivity index (χ3n) is 7.32. The molecule has 1 aliphatic carbocycles. The number of rotatable bonds is 12. The van der Waals surface area contributed by atoms with E-state index in [0.717, 1.165) is 61.1 Å². The van der Waals surface area contributed by atoms with Crippen molar-refractivity contribution in [1.29, 1.82) is 0 Å². The average molecular weight is 465 g/mol. The molecule has 34 heavy (non-hydrogen) atoms. The molecule has 1 saturated carbocycles. The summed E-state index contributed by atoms with van der Waals surface area (Å²) in [5, 5.41) is 0. The van der Waals surface area contributed by atoms with Crippen LogP contribution in [-0.2, 0) is 17.9 Å². The van der Waals surface area contributed by atoms with Crippen LogP contribution in [0.25, 0.3) is 0 Å². The molecule has 1 heterocycles. The van der Waals surface area contributed by atoms with Gasteiger partial charge in [-0.1, -0.05) is 62.1 Å². The molecule has 0 spiro atoms. The average Bonchev–Trinajstić information content (AvgIpc) is 3.59. The highest BCUT2D eigenvalue weighted by Gasteiger charge is 2.21. The maximum Gasteiger partial charge on any atom is 0.222 e. The molecule has 0 bridgehead atoms. The smallest absolute Gasteiger partial charge is 0.222 e. The molecular weight excluding hydrogens is 424 g/mol. The number of hydrogen-bond acceptors (Lipinski definition) is 4. The van der Waals surface area contributed by atoms with E-state index in [1.165, 1.54) is 38.5 Å². The van der Waals surface area contributed by atoms with E-state index in [1.54, 1.807) is 7.11 Å². The zero-order chi connectivity index (χ0) is 23.6. The predicted octanol–water partition coefficient (Wildman–Crippen LogP) is 5.67. The second-order valence-electron chi connectivity index (χ2n) is 9.81. The van der Waals surface area contributed by atoms with Crippen molar-refractivity contribution in [3.8, 4) is 11.5 Å². The molecule has 1 amide bonds. The van der Waals surface area contributed by atoms with E-state index < -0.39 is 0 Å². The van der Waals surface area contributed by atoms with Crippen molar-refractivity contribution in [2.24, 2.45) is 5.92 Å². The Hall–Kier alpha value is -2.53. The van der Waals surface area contributed by atoms with E-state index in [1.807, 2.05) is 30.3 Å². The quantitative estimate of drug-likeness (QED) is 0.406. The summed E-state index contributed by atoms with van der Waals surface area (Å²) in [6, 6.07) is 16.2. The summed E-state index contributed by atoms with van der Waals surface area (Å²) in [4.78, 5) is 17.8. The van der Waals surface area contributed by atoms with Crippen molar-refractivity contribution in [1.82, 2.24) is 9.80 Å². The van der Waals surface area contributed by atoms with E-state index in [2.05, 4.69) is 28.0 Å². The highest BCUT2D eigenvalue weighted by molar-refractivity contribution is 5.76. The number of hydrogen-bond donors (Lipinski definition) is 0. The number of benzene rings is 2. The van der Waals surface area contributed by atoms with Crippen molar-refractivity contribution in [2.75, 3.05) is 33.3 Å². The van der Waals surface area contributed by atoms with Crippen molar-refractivity contribution < 1.29 is 14.3 Å². The standard InChI is InChI=1S/C29H40N2O3/c1-33-27-15-13-26(21-28(27)34-23-25-11-3-2-4-12-25)22-31(20-19-30-17-7-8-18-30)29(32)16-14-24-9-5-6-10-24/h2-4,11-13,15,21,24H,5-10,14,16-20,22-23H2,1H3. The number of ether oxygens (including phenoxy) is 2. The zero-order valence-corrected chi connectivity index (χ0v) is 20.7. The Balaban J connectivity index is 1.41. The Labute approximate surface area is 205 Å². The molecule has 4 rings (SSSR count). The molecule has 2 aromatic carbocycles. The molecule has 0 N–H and O–H groups in total. The SMILES string of the molecule is COc1ccc(CN(CCN2CCCC2)C(=O)CCC2CCCC2)cc1OCc1ccccc1. The fourth-order valence-corrected chi connectivity index (χ4v) is 5.23. The van der Waals surface area contributed by atoms with Gasteiger partial charge in [0.25, 0.3) is 0 Å². The van der Waals surface area contributed by atoms with Gasteiger partial charge >= 0.3 is 0 Å². The summed E-state index contributed by atoms with van der Waals surface area (Å²) >= 11 is 0. The summed E-state index contributed by atoms with van der Waals surface area (Å²) in [6.07, 6.45) is 9.49. The fourth-order valence-electron chi connectivity index (χ4n) is 5.23. The van der Waals surface area contributed by atoms with Gasteiger partial charge in [0.05, 0.1) is 7.11 Å². The van der Waals surface area contributed by atoms with Gasteiger partial charge in [0.1, 0.15) is 6.61 Å². The first-order chi connectivity index (χ1) is 16.7. The predicted molar refractivity (Wildman–Crippen MR) is 136 cm³/mol. The molecule has 0 radical (unpaired) electrons. The van der Waals surface area contributed by atoms with E-state index in [9.17, 15) is 4.79 Å². The van der Waals surface area contributed by atoms with Gasteiger partial charge in [-0.25, -0.2) is 0 Å². The summed E-state index contributed by atoms with van der Waals surface area (Å²) in [5.74, 6) is 2.47. The van der Waals surface area contributed by atoms with Crippen LogP contribution in [-0.4, -0.2) is 49.0 Å². The molecule has 2 aliphatic rings. The molecule has 5 heteroatoms. The molecule has 1 aliphatic heterocycles. The monoisotopic (exact) mass is 464 g/mol. The van der Waals surface area contributed by atoms with Crippen LogP contribution < -0.4 is 9.47 Å². The lowest BCUT2D eigenvalue weighted by Crippen LogP contribution is -2.37. The van der Waals surface area contributed by atoms with Crippen LogP contribution in [0.15, 0.2) is 48.5 Å².